The van der Waals surface area contributed by atoms with Crippen molar-refractivity contribution < 1.29 is 19.1 Å². The SMILES string of the molecule is CCCCNC(=O)C(c1ccccc1)N(CC)C(=O)C(CC(C)C)NC(=O)OC(C)(C)C. The number of nitrogens with one attached hydrogen (secondary N) is 2. The van der Waals surface area contributed by atoms with E-state index >= 15 is 0 Å². The summed E-state index contributed by atoms with van der Waals surface area (Å²) in [7, 11) is 0. The monoisotopic (exact) mass is 447 g/mol. The zero-order chi connectivity index (χ0) is 24.3. The summed E-state index contributed by atoms with van der Waals surface area (Å²) in [4.78, 5) is 40.8. The fourth-order valence-corrected chi connectivity index (χ4v) is 3.40. The molecule has 0 aromatic heterocycles. The summed E-state index contributed by atoms with van der Waals surface area (Å²) in [5, 5.41) is 5.69. The molecule has 0 bridgehead atoms. The lowest BCUT2D eigenvalue weighted by Gasteiger charge is -2.34. The van der Waals surface area contributed by atoms with Gasteiger partial charge in [-0.15, -0.1) is 0 Å². The number of alkyl carbamates (subject to hydrolysis) is 1. The van der Waals surface area contributed by atoms with Gasteiger partial charge in [0.25, 0.3) is 0 Å². The third-order valence-electron chi connectivity index (χ3n) is 4.82. The fraction of sp³-hybridized carbons (Fsp3) is 0.640. The number of ether oxygens (including phenoxy) is 1. The maximum atomic E-state index is 13.6. The summed E-state index contributed by atoms with van der Waals surface area (Å²) in [5.41, 5.74) is 0.0587. The molecule has 0 aliphatic rings. The molecular weight excluding hydrogens is 406 g/mol. The molecule has 0 saturated heterocycles. The highest BCUT2D eigenvalue weighted by Gasteiger charge is 2.35. The average Bonchev–Trinajstić information content (AvgIpc) is 2.70. The third-order valence-corrected chi connectivity index (χ3v) is 4.82. The van der Waals surface area contributed by atoms with E-state index in [0.29, 0.717) is 19.5 Å². The van der Waals surface area contributed by atoms with Gasteiger partial charge >= 0.3 is 6.09 Å². The summed E-state index contributed by atoms with van der Waals surface area (Å²) in [5.74, 6) is -0.363. The van der Waals surface area contributed by atoms with Crippen molar-refractivity contribution in [1.82, 2.24) is 15.5 Å². The molecule has 3 amide bonds. The highest BCUT2D eigenvalue weighted by molar-refractivity contribution is 5.92. The van der Waals surface area contributed by atoms with Gasteiger partial charge in [-0.2, -0.15) is 0 Å². The molecule has 0 saturated carbocycles. The number of nitrogens with zero attached hydrogens (tertiary/aromatic N) is 1. The maximum Gasteiger partial charge on any atom is 0.408 e. The Hall–Kier alpha value is -2.57. The van der Waals surface area contributed by atoms with Crippen LogP contribution in [-0.4, -0.2) is 47.5 Å². The first-order chi connectivity index (χ1) is 15.0. The molecule has 7 heteroatoms. The Kier molecular flexibility index (Phi) is 11.2. The Morgan fingerprint density at radius 3 is 2.19 bits per heavy atom. The van der Waals surface area contributed by atoms with Crippen LogP contribution in [0.5, 0.6) is 0 Å². The van der Waals surface area contributed by atoms with Crippen molar-refractivity contribution in [3.8, 4) is 0 Å². The molecule has 1 aromatic carbocycles. The first kappa shape index (κ1) is 27.5. The summed E-state index contributed by atoms with van der Waals surface area (Å²) in [6.07, 6.45) is 1.62. The molecule has 0 radical (unpaired) electrons. The van der Waals surface area contributed by atoms with Crippen LogP contribution >= 0.6 is 0 Å². The quantitative estimate of drug-likeness (QED) is 0.491. The Labute approximate surface area is 193 Å². The van der Waals surface area contributed by atoms with Crippen LogP contribution in [0.2, 0.25) is 0 Å². The Bertz CT molecular complexity index is 728. The lowest BCUT2D eigenvalue weighted by molar-refractivity contribution is -0.142. The summed E-state index contributed by atoms with van der Waals surface area (Å²) in [6, 6.07) is 7.70. The molecule has 1 rings (SSSR count). The number of carbonyl (C=O) groups excluding carboxylic acids is 3. The first-order valence-corrected chi connectivity index (χ1v) is 11.6. The number of hydrogen-bond donors (Lipinski definition) is 2. The Morgan fingerprint density at radius 1 is 1.06 bits per heavy atom. The highest BCUT2D eigenvalue weighted by atomic mass is 16.6. The van der Waals surface area contributed by atoms with Crippen molar-refractivity contribution >= 4 is 17.9 Å². The Morgan fingerprint density at radius 2 is 1.69 bits per heavy atom. The predicted octanol–water partition coefficient (Wildman–Crippen LogP) is 4.43. The lowest BCUT2D eigenvalue weighted by atomic mass is 9.99. The number of unbranched alkanes of at least 4 members (excludes halogenated alkanes) is 1. The van der Waals surface area contributed by atoms with Crippen LogP contribution in [0.15, 0.2) is 30.3 Å². The maximum absolute atomic E-state index is 13.6. The molecule has 0 spiro atoms. The normalized spacial score (nSPS) is 13.2. The van der Waals surface area contributed by atoms with E-state index < -0.39 is 23.8 Å². The van der Waals surface area contributed by atoms with Crippen LogP contribution in [0.1, 0.15) is 79.3 Å². The number of benzene rings is 1. The molecular formula is C25H41N3O4. The van der Waals surface area contributed by atoms with Crippen molar-refractivity contribution in [3.63, 3.8) is 0 Å². The Balaban J connectivity index is 3.22. The zero-order valence-corrected chi connectivity index (χ0v) is 20.7. The highest BCUT2D eigenvalue weighted by Crippen LogP contribution is 2.23. The molecule has 32 heavy (non-hydrogen) atoms. The van der Waals surface area contributed by atoms with E-state index in [9.17, 15) is 14.4 Å². The molecule has 0 fully saturated rings. The first-order valence-electron chi connectivity index (χ1n) is 11.6. The summed E-state index contributed by atoms with van der Waals surface area (Å²) >= 11 is 0. The van der Waals surface area contributed by atoms with Gasteiger partial charge in [-0.1, -0.05) is 57.5 Å². The van der Waals surface area contributed by atoms with Crippen LogP contribution in [0.3, 0.4) is 0 Å². The van der Waals surface area contributed by atoms with E-state index in [1.807, 2.05) is 51.1 Å². The van der Waals surface area contributed by atoms with Crippen molar-refractivity contribution in [1.29, 1.82) is 0 Å². The second-order valence-corrected chi connectivity index (χ2v) is 9.41. The van der Waals surface area contributed by atoms with Gasteiger partial charge in [-0.25, -0.2) is 4.79 Å². The van der Waals surface area contributed by atoms with Crippen molar-refractivity contribution in [2.45, 2.75) is 85.4 Å². The van der Waals surface area contributed by atoms with Crippen LogP contribution in [0.25, 0.3) is 0 Å². The lowest BCUT2D eigenvalue weighted by Crippen LogP contribution is -2.53. The van der Waals surface area contributed by atoms with Gasteiger partial charge in [-0.05, 0) is 52.0 Å². The van der Waals surface area contributed by atoms with E-state index in [2.05, 4.69) is 17.6 Å². The standard InChI is InChI=1S/C25H41N3O4/c1-8-10-16-26-22(29)21(19-14-12-11-13-15-19)28(9-2)23(30)20(17-18(3)4)27-24(31)32-25(5,6)7/h11-15,18,20-21H,8-10,16-17H2,1-7H3,(H,26,29)(H,27,31). The van der Waals surface area contributed by atoms with E-state index in [4.69, 9.17) is 4.74 Å². The van der Waals surface area contributed by atoms with Gasteiger partial charge in [-0.3, -0.25) is 9.59 Å². The minimum atomic E-state index is -0.792. The molecule has 180 valence electrons. The second-order valence-electron chi connectivity index (χ2n) is 9.41. The van der Waals surface area contributed by atoms with Gasteiger partial charge in [0, 0.05) is 13.1 Å². The second kappa shape index (κ2) is 13.1. The molecule has 2 atom stereocenters. The van der Waals surface area contributed by atoms with Crippen LogP contribution in [0.4, 0.5) is 4.79 Å². The summed E-state index contributed by atoms with van der Waals surface area (Å²) < 4.78 is 5.37. The number of rotatable bonds is 11. The molecule has 0 heterocycles. The van der Waals surface area contributed by atoms with Crippen LogP contribution < -0.4 is 10.6 Å². The molecule has 0 aliphatic carbocycles. The minimum Gasteiger partial charge on any atom is -0.444 e. The topological polar surface area (TPSA) is 87.7 Å². The minimum absolute atomic E-state index is 0.158. The molecule has 0 aliphatic heterocycles. The molecule has 7 nitrogen and oxygen atoms in total. The van der Waals surface area contributed by atoms with E-state index in [-0.39, 0.29) is 17.7 Å². The third kappa shape index (κ3) is 9.28. The zero-order valence-electron chi connectivity index (χ0n) is 20.7. The van der Waals surface area contributed by atoms with E-state index in [1.165, 1.54) is 0 Å². The van der Waals surface area contributed by atoms with Crippen molar-refractivity contribution in [3.05, 3.63) is 35.9 Å². The van der Waals surface area contributed by atoms with Crippen molar-refractivity contribution in [2.75, 3.05) is 13.1 Å². The molecule has 1 aromatic rings. The number of likely N-dealkylation sites (N-methyl/N-ethyl adjacent to an activating group) is 1. The van der Waals surface area contributed by atoms with Gasteiger partial charge in [0.05, 0.1) is 0 Å². The van der Waals surface area contributed by atoms with E-state index in [1.54, 1.807) is 25.7 Å². The number of amides is 3. The number of carbonyl (C=O) groups is 3. The average molecular weight is 448 g/mol. The fourth-order valence-electron chi connectivity index (χ4n) is 3.40. The molecule has 2 N–H and O–H groups in total. The van der Waals surface area contributed by atoms with Gasteiger partial charge in [0.15, 0.2) is 0 Å². The van der Waals surface area contributed by atoms with Crippen LogP contribution in [0, 0.1) is 5.92 Å². The van der Waals surface area contributed by atoms with Gasteiger partial charge in [0.1, 0.15) is 17.7 Å². The van der Waals surface area contributed by atoms with Crippen molar-refractivity contribution in [2.24, 2.45) is 5.92 Å². The smallest absolute Gasteiger partial charge is 0.408 e. The predicted molar refractivity (Wildman–Crippen MR) is 127 cm³/mol. The van der Waals surface area contributed by atoms with E-state index in [0.717, 1.165) is 18.4 Å². The number of hydrogen-bond acceptors (Lipinski definition) is 4. The van der Waals surface area contributed by atoms with Gasteiger partial charge < -0.3 is 20.3 Å². The van der Waals surface area contributed by atoms with Crippen LogP contribution in [-0.2, 0) is 14.3 Å². The summed E-state index contributed by atoms with van der Waals surface area (Å²) in [6.45, 7) is 14.1. The molecule has 2 unspecified atom stereocenters. The van der Waals surface area contributed by atoms with Gasteiger partial charge in [0.2, 0.25) is 11.8 Å². The largest absolute Gasteiger partial charge is 0.444 e.